The summed E-state index contributed by atoms with van der Waals surface area (Å²) in [7, 11) is 0. The molecule has 9 heteroatoms. The fourth-order valence-corrected chi connectivity index (χ4v) is 2.16. The van der Waals surface area contributed by atoms with Crippen molar-refractivity contribution in [3.05, 3.63) is 64.2 Å². The predicted molar refractivity (Wildman–Crippen MR) is 86.9 cm³/mol. The Morgan fingerprint density at radius 2 is 1.92 bits per heavy atom. The molecule has 0 amide bonds. The number of halogens is 2. The normalized spacial score (nSPS) is 10.6. The van der Waals surface area contributed by atoms with Crippen LogP contribution in [0.2, 0.25) is 10.0 Å². The summed E-state index contributed by atoms with van der Waals surface area (Å²) >= 11 is 11.8. The van der Waals surface area contributed by atoms with Gasteiger partial charge in [-0.15, -0.1) is 0 Å². The van der Waals surface area contributed by atoms with Crippen molar-refractivity contribution >= 4 is 29.2 Å². The first kappa shape index (κ1) is 16.2. The van der Waals surface area contributed by atoms with Crippen LogP contribution in [-0.4, -0.2) is 30.8 Å². The van der Waals surface area contributed by atoms with Crippen molar-refractivity contribution in [3.63, 3.8) is 0 Å². The van der Waals surface area contributed by atoms with Crippen LogP contribution in [0.1, 0.15) is 15.9 Å². The zero-order chi connectivity index (χ0) is 17.1. The van der Waals surface area contributed by atoms with Gasteiger partial charge < -0.3 is 9.84 Å². The van der Waals surface area contributed by atoms with Gasteiger partial charge >= 0.3 is 5.97 Å². The van der Waals surface area contributed by atoms with Gasteiger partial charge in [0.1, 0.15) is 6.61 Å². The molecule has 1 aromatic carbocycles. The second-order valence-corrected chi connectivity index (χ2v) is 5.55. The minimum atomic E-state index is -1.07. The van der Waals surface area contributed by atoms with Gasteiger partial charge in [0.05, 0.1) is 34.2 Å². The van der Waals surface area contributed by atoms with Gasteiger partial charge in [0.15, 0.2) is 5.75 Å². The Morgan fingerprint density at radius 3 is 2.54 bits per heavy atom. The van der Waals surface area contributed by atoms with Crippen LogP contribution >= 0.6 is 23.2 Å². The first-order valence-corrected chi connectivity index (χ1v) is 7.45. The Morgan fingerprint density at radius 1 is 1.17 bits per heavy atom. The molecule has 0 aliphatic heterocycles. The van der Waals surface area contributed by atoms with E-state index in [1.807, 2.05) is 0 Å². The third-order valence-electron chi connectivity index (χ3n) is 3.04. The molecule has 3 rings (SSSR count). The number of nitrogens with zero attached hydrogens (tertiary/aromatic N) is 4. The van der Waals surface area contributed by atoms with Crippen LogP contribution in [0.5, 0.6) is 5.75 Å². The van der Waals surface area contributed by atoms with Crippen molar-refractivity contribution < 1.29 is 14.6 Å². The first-order chi connectivity index (χ1) is 11.5. The number of hydrogen-bond acceptors (Lipinski definition) is 5. The molecular weight excluding hydrogens is 355 g/mol. The molecule has 2 aromatic heterocycles. The molecule has 0 spiro atoms. The zero-order valence-electron chi connectivity index (χ0n) is 12.1. The average Bonchev–Trinajstić information content (AvgIpc) is 3.07. The highest BCUT2D eigenvalue weighted by Gasteiger charge is 2.09. The van der Waals surface area contributed by atoms with E-state index in [1.54, 1.807) is 18.2 Å². The second-order valence-electron chi connectivity index (χ2n) is 4.73. The summed E-state index contributed by atoms with van der Waals surface area (Å²) in [5, 5.41) is 13.7. The Kier molecular flexibility index (Phi) is 4.64. The third kappa shape index (κ3) is 3.64. The number of carboxylic acid groups (broad SMARTS) is 1. The van der Waals surface area contributed by atoms with Gasteiger partial charge in [0.25, 0.3) is 5.95 Å². The summed E-state index contributed by atoms with van der Waals surface area (Å²) in [6, 6.07) is 5.22. The van der Waals surface area contributed by atoms with E-state index < -0.39 is 5.97 Å². The average molecular weight is 365 g/mol. The molecule has 122 valence electrons. The summed E-state index contributed by atoms with van der Waals surface area (Å²) in [6.45, 7) is 0.282. The maximum Gasteiger partial charge on any atom is 0.338 e. The molecule has 0 saturated carbocycles. The number of rotatable bonds is 5. The van der Waals surface area contributed by atoms with E-state index in [0.29, 0.717) is 15.8 Å². The van der Waals surface area contributed by atoms with Crippen molar-refractivity contribution in [2.45, 2.75) is 6.61 Å². The van der Waals surface area contributed by atoms with Crippen LogP contribution in [0, 0.1) is 0 Å². The lowest BCUT2D eigenvalue weighted by Crippen LogP contribution is -2.03. The van der Waals surface area contributed by atoms with Crippen molar-refractivity contribution in [1.82, 2.24) is 19.7 Å². The zero-order valence-corrected chi connectivity index (χ0v) is 13.6. The van der Waals surface area contributed by atoms with Gasteiger partial charge in [0, 0.05) is 6.20 Å². The molecule has 1 N–H and O–H groups in total. The molecule has 0 atom stereocenters. The summed E-state index contributed by atoms with van der Waals surface area (Å²) < 4.78 is 6.84. The second kappa shape index (κ2) is 6.86. The highest BCUT2D eigenvalue weighted by atomic mass is 35.5. The fourth-order valence-electron chi connectivity index (χ4n) is 1.84. The summed E-state index contributed by atoms with van der Waals surface area (Å²) in [5.41, 5.74) is 0.908. The third-order valence-corrected chi connectivity index (χ3v) is 3.78. The van der Waals surface area contributed by atoms with E-state index in [2.05, 4.69) is 15.1 Å². The van der Waals surface area contributed by atoms with E-state index in [-0.39, 0.29) is 18.1 Å². The topological polar surface area (TPSA) is 90.1 Å². The summed E-state index contributed by atoms with van der Waals surface area (Å²) in [4.78, 5) is 19.0. The van der Waals surface area contributed by atoms with Crippen molar-refractivity contribution in [2.75, 3.05) is 0 Å². The predicted octanol–water partition coefficient (Wildman–Crippen LogP) is 3.25. The lowest BCUT2D eigenvalue weighted by atomic mass is 10.2. The number of aromatic carboxylic acids is 1. The van der Waals surface area contributed by atoms with E-state index in [4.69, 9.17) is 33.0 Å². The van der Waals surface area contributed by atoms with E-state index in [0.717, 1.165) is 5.56 Å². The van der Waals surface area contributed by atoms with E-state index in [9.17, 15) is 4.79 Å². The Hall–Kier alpha value is -2.64. The number of aromatic nitrogens is 4. The van der Waals surface area contributed by atoms with Crippen molar-refractivity contribution in [3.8, 4) is 11.7 Å². The molecule has 0 unspecified atom stereocenters. The van der Waals surface area contributed by atoms with Crippen molar-refractivity contribution in [1.29, 1.82) is 0 Å². The van der Waals surface area contributed by atoms with Gasteiger partial charge in [-0.2, -0.15) is 5.10 Å². The molecule has 3 aromatic rings. The van der Waals surface area contributed by atoms with Crippen LogP contribution in [-0.2, 0) is 6.61 Å². The molecular formula is C15H10Cl2N4O3. The number of carbonyl (C=O) groups is 1. The maximum absolute atomic E-state index is 10.8. The molecule has 7 nitrogen and oxygen atoms in total. The van der Waals surface area contributed by atoms with Crippen LogP contribution in [0.15, 0.2) is 43.0 Å². The molecule has 0 aliphatic carbocycles. The Balaban J connectivity index is 1.67. The van der Waals surface area contributed by atoms with Gasteiger partial charge in [-0.25, -0.2) is 19.4 Å². The van der Waals surface area contributed by atoms with Gasteiger partial charge in [0.2, 0.25) is 0 Å². The first-order valence-electron chi connectivity index (χ1n) is 6.70. The number of benzene rings is 1. The molecule has 0 radical (unpaired) electrons. The molecule has 2 heterocycles. The smallest absolute Gasteiger partial charge is 0.338 e. The fraction of sp³-hybridized carbons (Fsp3) is 0.0667. The molecule has 0 saturated heterocycles. The summed E-state index contributed by atoms with van der Waals surface area (Å²) in [5.74, 6) is -0.373. The molecule has 0 fully saturated rings. The SMILES string of the molecule is O=C(O)c1cnn(-c2ncc(OCc3ccc(Cl)c(Cl)c3)cn2)c1. The minimum absolute atomic E-state index is 0.0542. The maximum atomic E-state index is 10.8. The van der Waals surface area contributed by atoms with E-state index in [1.165, 1.54) is 29.5 Å². The highest BCUT2D eigenvalue weighted by Crippen LogP contribution is 2.23. The van der Waals surface area contributed by atoms with Crippen LogP contribution in [0.25, 0.3) is 5.95 Å². The monoisotopic (exact) mass is 364 g/mol. The van der Waals surface area contributed by atoms with E-state index >= 15 is 0 Å². The van der Waals surface area contributed by atoms with Crippen LogP contribution in [0.3, 0.4) is 0 Å². The summed E-state index contributed by atoms with van der Waals surface area (Å²) in [6.07, 6.45) is 5.50. The number of ether oxygens (including phenoxy) is 1. The lowest BCUT2D eigenvalue weighted by Gasteiger charge is -2.07. The standard InChI is InChI=1S/C15H10Cl2N4O3/c16-12-2-1-9(3-13(12)17)8-24-11-5-18-15(19-6-11)21-7-10(4-20-21)14(22)23/h1-7H,8H2,(H,22,23). The van der Waals surface area contributed by atoms with Gasteiger partial charge in [-0.05, 0) is 17.7 Å². The minimum Gasteiger partial charge on any atom is -0.486 e. The Bertz CT molecular complexity index is 881. The Labute approximate surface area is 146 Å². The van der Waals surface area contributed by atoms with Gasteiger partial charge in [-0.3, -0.25) is 0 Å². The highest BCUT2D eigenvalue weighted by molar-refractivity contribution is 6.42. The van der Waals surface area contributed by atoms with Gasteiger partial charge in [-0.1, -0.05) is 29.3 Å². The number of carboxylic acids is 1. The largest absolute Gasteiger partial charge is 0.486 e. The quantitative estimate of drug-likeness (QED) is 0.747. The van der Waals surface area contributed by atoms with Crippen LogP contribution < -0.4 is 4.74 Å². The molecule has 0 aliphatic rings. The molecule has 24 heavy (non-hydrogen) atoms. The van der Waals surface area contributed by atoms with Crippen LogP contribution in [0.4, 0.5) is 0 Å². The number of hydrogen-bond donors (Lipinski definition) is 1. The van der Waals surface area contributed by atoms with Crippen molar-refractivity contribution in [2.24, 2.45) is 0 Å². The molecule has 0 bridgehead atoms. The lowest BCUT2D eigenvalue weighted by molar-refractivity contribution is 0.0697.